The van der Waals surface area contributed by atoms with Gasteiger partial charge in [0.25, 0.3) is 0 Å². The maximum atomic E-state index is 12.8. The number of pyridine rings is 1. The molecule has 2 aromatic rings. The molecule has 0 N–H and O–H groups in total. The number of amides is 1. The first kappa shape index (κ1) is 19.9. The average Bonchev–Trinajstić information content (AvgIpc) is 3.13. The van der Waals surface area contributed by atoms with Gasteiger partial charge in [0.1, 0.15) is 11.8 Å². The highest BCUT2D eigenvalue weighted by molar-refractivity contribution is 5.77. The first-order valence-electron chi connectivity index (χ1n) is 9.18. The molecular formula is C19H17F3N6O2. The molecule has 0 bridgehead atoms. The van der Waals surface area contributed by atoms with Crippen molar-refractivity contribution in [1.29, 1.82) is 5.26 Å². The largest absolute Gasteiger partial charge is 0.481 e. The van der Waals surface area contributed by atoms with Crippen LogP contribution < -0.4 is 9.64 Å². The van der Waals surface area contributed by atoms with Crippen molar-refractivity contribution in [2.75, 3.05) is 25.1 Å². The molecule has 0 aromatic carbocycles. The van der Waals surface area contributed by atoms with Crippen LogP contribution in [0.1, 0.15) is 29.2 Å². The van der Waals surface area contributed by atoms with Crippen molar-refractivity contribution in [3.8, 4) is 11.9 Å². The number of alkyl halides is 3. The predicted molar refractivity (Wildman–Crippen MR) is 97.1 cm³/mol. The summed E-state index contributed by atoms with van der Waals surface area (Å²) < 4.78 is 43.7. The highest BCUT2D eigenvalue weighted by Gasteiger charge is 2.36. The number of aromatic nitrogens is 3. The van der Waals surface area contributed by atoms with E-state index in [1.165, 1.54) is 13.2 Å². The molecule has 4 rings (SSSR count). The fraction of sp³-hybridized carbons (Fsp3) is 0.421. The maximum Gasteiger partial charge on any atom is 0.433 e. The minimum Gasteiger partial charge on any atom is -0.481 e. The van der Waals surface area contributed by atoms with Gasteiger partial charge in [-0.25, -0.2) is 4.98 Å². The molecule has 11 heteroatoms. The Morgan fingerprint density at radius 2 is 2.10 bits per heavy atom. The second kappa shape index (κ2) is 7.44. The lowest BCUT2D eigenvalue weighted by Crippen LogP contribution is -2.48. The van der Waals surface area contributed by atoms with Crippen molar-refractivity contribution in [1.82, 2.24) is 19.9 Å². The van der Waals surface area contributed by atoms with Crippen LogP contribution >= 0.6 is 0 Å². The van der Waals surface area contributed by atoms with Crippen LogP contribution in [0.2, 0.25) is 0 Å². The number of hydrogen-bond donors (Lipinski definition) is 0. The number of methoxy groups -OCH3 is 1. The van der Waals surface area contributed by atoms with Crippen molar-refractivity contribution in [2.45, 2.75) is 25.7 Å². The molecule has 1 amide bonds. The lowest BCUT2D eigenvalue weighted by atomic mass is 9.95. The van der Waals surface area contributed by atoms with E-state index in [2.05, 4.69) is 15.0 Å². The van der Waals surface area contributed by atoms with Crippen molar-refractivity contribution in [2.24, 2.45) is 5.92 Å². The molecule has 30 heavy (non-hydrogen) atoms. The highest BCUT2D eigenvalue weighted by Crippen LogP contribution is 2.34. The molecule has 2 aliphatic heterocycles. The van der Waals surface area contributed by atoms with Gasteiger partial charge in [-0.3, -0.25) is 9.78 Å². The molecule has 2 aliphatic rings. The Kier molecular flexibility index (Phi) is 4.93. The summed E-state index contributed by atoms with van der Waals surface area (Å²) in [5.41, 5.74) is 0.801. The summed E-state index contributed by atoms with van der Waals surface area (Å²) in [5, 5.41) is 9.02. The molecule has 2 aromatic heterocycles. The summed E-state index contributed by atoms with van der Waals surface area (Å²) in [5.74, 6) is 0.250. The number of fused-ring (bicyclic) bond motifs is 1. The summed E-state index contributed by atoms with van der Waals surface area (Å²) in [6.45, 7) is 1.57. The molecule has 4 heterocycles. The zero-order valence-electron chi connectivity index (χ0n) is 16.0. The summed E-state index contributed by atoms with van der Waals surface area (Å²) in [7, 11) is 1.44. The number of anilines is 1. The molecule has 8 nitrogen and oxygen atoms in total. The highest BCUT2D eigenvalue weighted by atomic mass is 19.4. The summed E-state index contributed by atoms with van der Waals surface area (Å²) in [6, 6.07) is 4.42. The van der Waals surface area contributed by atoms with Crippen LogP contribution in [0.25, 0.3) is 0 Å². The lowest BCUT2D eigenvalue weighted by Gasteiger charge is -2.41. The zero-order valence-corrected chi connectivity index (χ0v) is 16.0. The Bertz CT molecular complexity index is 1030. The first-order chi connectivity index (χ1) is 14.3. The molecule has 0 spiro atoms. The Morgan fingerprint density at radius 3 is 2.77 bits per heavy atom. The molecule has 0 radical (unpaired) electrons. The number of halogens is 3. The van der Waals surface area contributed by atoms with Crippen LogP contribution in [0.5, 0.6) is 5.88 Å². The van der Waals surface area contributed by atoms with Gasteiger partial charge in [0.05, 0.1) is 31.5 Å². The van der Waals surface area contributed by atoms with Crippen molar-refractivity contribution < 1.29 is 22.7 Å². The van der Waals surface area contributed by atoms with Gasteiger partial charge in [-0.05, 0) is 12.1 Å². The number of ether oxygens (including phenoxy) is 1. The topological polar surface area (TPSA) is 95.2 Å². The number of carbonyl (C=O) groups excluding carboxylic acids is 1. The van der Waals surface area contributed by atoms with Gasteiger partial charge < -0.3 is 14.5 Å². The normalized spacial score (nSPS) is 16.1. The quantitative estimate of drug-likeness (QED) is 0.751. The fourth-order valence-corrected chi connectivity index (χ4v) is 3.68. The van der Waals surface area contributed by atoms with Gasteiger partial charge in [-0.15, -0.1) is 0 Å². The fourth-order valence-electron chi connectivity index (χ4n) is 3.68. The number of nitrogens with zero attached hydrogens (tertiary/aromatic N) is 6. The molecular weight excluding hydrogens is 401 g/mol. The third-order valence-electron chi connectivity index (χ3n) is 5.21. The van der Waals surface area contributed by atoms with Crippen LogP contribution in [0, 0.1) is 17.2 Å². The van der Waals surface area contributed by atoms with E-state index in [-0.39, 0.29) is 30.6 Å². The standard InChI is InChI=1S/C19H17F3N6O2/c1-30-18-13-9-28(10-14(13)25-16(6-23)26-18)17(29)4-11-7-27(8-11)12-2-3-24-15(5-12)19(20,21)22/h2-3,5,11H,4,7-10H2,1H3. The Morgan fingerprint density at radius 1 is 1.33 bits per heavy atom. The Balaban J connectivity index is 1.35. The summed E-state index contributed by atoms with van der Waals surface area (Å²) >= 11 is 0. The van der Waals surface area contributed by atoms with Gasteiger partial charge in [-0.1, -0.05) is 0 Å². The molecule has 1 fully saturated rings. The van der Waals surface area contributed by atoms with Gasteiger partial charge in [0, 0.05) is 37.3 Å². The van der Waals surface area contributed by atoms with Gasteiger partial charge in [-0.2, -0.15) is 23.4 Å². The minimum absolute atomic E-state index is 0.00916. The summed E-state index contributed by atoms with van der Waals surface area (Å²) in [4.78, 5) is 27.6. The first-order valence-corrected chi connectivity index (χ1v) is 9.18. The van der Waals surface area contributed by atoms with E-state index < -0.39 is 11.9 Å². The summed E-state index contributed by atoms with van der Waals surface area (Å²) in [6.07, 6.45) is -3.07. The minimum atomic E-state index is -4.49. The van der Waals surface area contributed by atoms with Crippen molar-refractivity contribution in [3.05, 3.63) is 41.1 Å². The smallest absolute Gasteiger partial charge is 0.433 e. The van der Waals surface area contributed by atoms with Crippen LogP contribution in [-0.2, 0) is 24.1 Å². The Labute approximate surface area is 169 Å². The zero-order chi connectivity index (χ0) is 21.5. The number of rotatable bonds is 4. The molecule has 156 valence electrons. The monoisotopic (exact) mass is 418 g/mol. The van der Waals surface area contributed by atoms with E-state index in [4.69, 9.17) is 10.00 Å². The van der Waals surface area contributed by atoms with E-state index in [1.54, 1.807) is 9.80 Å². The van der Waals surface area contributed by atoms with Crippen LogP contribution in [0.3, 0.4) is 0 Å². The maximum absolute atomic E-state index is 12.8. The molecule has 0 aliphatic carbocycles. The molecule has 0 atom stereocenters. The van der Waals surface area contributed by atoms with Crippen LogP contribution in [0.15, 0.2) is 18.3 Å². The molecule has 0 unspecified atom stereocenters. The number of hydrogen-bond acceptors (Lipinski definition) is 7. The average molecular weight is 418 g/mol. The second-order valence-electron chi connectivity index (χ2n) is 7.22. The van der Waals surface area contributed by atoms with E-state index in [9.17, 15) is 18.0 Å². The van der Waals surface area contributed by atoms with Gasteiger partial charge in [0.2, 0.25) is 17.6 Å². The molecule has 0 saturated carbocycles. The number of carbonyl (C=O) groups is 1. The Hall–Kier alpha value is -3.42. The van der Waals surface area contributed by atoms with E-state index in [0.717, 1.165) is 12.3 Å². The van der Waals surface area contributed by atoms with Crippen LogP contribution in [-0.4, -0.2) is 46.0 Å². The van der Waals surface area contributed by atoms with E-state index in [1.807, 2.05) is 6.07 Å². The predicted octanol–water partition coefficient (Wildman–Crippen LogP) is 2.14. The van der Waals surface area contributed by atoms with Gasteiger partial charge in [0.15, 0.2) is 0 Å². The van der Waals surface area contributed by atoms with Crippen molar-refractivity contribution in [3.63, 3.8) is 0 Å². The molecule has 1 saturated heterocycles. The SMILES string of the molecule is COc1nc(C#N)nc2c1CN(C(=O)CC1CN(c3ccnc(C(F)(F)F)c3)C1)C2. The second-order valence-corrected chi connectivity index (χ2v) is 7.22. The van der Waals surface area contributed by atoms with E-state index >= 15 is 0 Å². The van der Waals surface area contributed by atoms with E-state index in [0.29, 0.717) is 42.5 Å². The third kappa shape index (κ3) is 3.72. The third-order valence-corrected chi connectivity index (χ3v) is 5.21. The van der Waals surface area contributed by atoms with Gasteiger partial charge >= 0.3 is 6.18 Å². The van der Waals surface area contributed by atoms with Crippen molar-refractivity contribution >= 4 is 11.6 Å². The van der Waals surface area contributed by atoms with Crippen LogP contribution in [0.4, 0.5) is 18.9 Å². The lowest BCUT2D eigenvalue weighted by molar-refractivity contribution is -0.141. The number of nitriles is 1.